The highest BCUT2D eigenvalue weighted by molar-refractivity contribution is 5.78. The van der Waals surface area contributed by atoms with Gasteiger partial charge in [-0.3, -0.25) is 4.79 Å². The second-order valence-electron chi connectivity index (χ2n) is 11.0. The number of carbonyl (C=O) groups is 1. The molecule has 2 atom stereocenters. The van der Waals surface area contributed by atoms with Crippen LogP contribution < -0.4 is 20.1 Å². The summed E-state index contributed by atoms with van der Waals surface area (Å²) in [4.78, 5) is 13.7. The van der Waals surface area contributed by atoms with Gasteiger partial charge in [0.15, 0.2) is 0 Å². The monoisotopic (exact) mass is 575 g/mol. The molecule has 0 bridgehead atoms. The zero-order valence-electron chi connectivity index (χ0n) is 24.2. The normalized spacial score (nSPS) is 18.8. The van der Waals surface area contributed by atoms with Gasteiger partial charge in [0.1, 0.15) is 23.9 Å². The van der Waals surface area contributed by atoms with E-state index in [1.807, 2.05) is 35.2 Å². The summed E-state index contributed by atoms with van der Waals surface area (Å²) in [5.74, 6) is 2.09. The maximum Gasteiger partial charge on any atom is 0.222 e. The van der Waals surface area contributed by atoms with Crippen molar-refractivity contribution in [2.45, 2.75) is 50.8 Å². The summed E-state index contributed by atoms with van der Waals surface area (Å²) in [7, 11) is 0. The molecule has 8 heteroatoms. The van der Waals surface area contributed by atoms with Crippen LogP contribution in [0.15, 0.2) is 72.8 Å². The van der Waals surface area contributed by atoms with Crippen LogP contribution in [0.5, 0.6) is 11.5 Å². The van der Waals surface area contributed by atoms with E-state index in [9.17, 15) is 9.18 Å². The number of hydrogen-bond acceptors (Lipinski definition) is 6. The zero-order chi connectivity index (χ0) is 29.0. The highest BCUT2D eigenvalue weighted by Gasteiger charge is 2.26. The first-order valence-corrected chi connectivity index (χ1v) is 15.1. The second-order valence-corrected chi connectivity index (χ2v) is 11.0. The Hall–Kier alpha value is -3.46. The molecule has 224 valence electrons. The fourth-order valence-corrected chi connectivity index (χ4v) is 5.64. The molecule has 2 fully saturated rings. The van der Waals surface area contributed by atoms with E-state index in [-0.39, 0.29) is 18.3 Å². The lowest BCUT2D eigenvalue weighted by Crippen LogP contribution is -2.47. The van der Waals surface area contributed by atoms with Crippen LogP contribution in [-0.2, 0) is 22.7 Å². The molecule has 3 aromatic rings. The largest absolute Gasteiger partial charge is 0.494 e. The standard InChI is InChI=1S/C34H42FN3O4/c35-32-9-2-1-7-28(32)25-40-19-5-20-41-29-13-11-27(12-14-29)31-15-16-36-24-33(31)37-23-26-6-3-8-30(22-26)42-21-18-38-17-4-10-34(38)39/h1-3,6-9,11-14,22,31,33,36-37H,4-5,10,15-21,23-25H2. The molecule has 0 aliphatic carbocycles. The smallest absolute Gasteiger partial charge is 0.222 e. The average molecular weight is 576 g/mol. The van der Waals surface area contributed by atoms with Gasteiger partial charge in [-0.1, -0.05) is 42.5 Å². The molecule has 3 aromatic carbocycles. The number of likely N-dealkylation sites (tertiary alicyclic amines) is 1. The van der Waals surface area contributed by atoms with E-state index in [1.165, 1.54) is 17.2 Å². The minimum absolute atomic E-state index is 0.231. The van der Waals surface area contributed by atoms with Crippen LogP contribution in [0.2, 0.25) is 0 Å². The van der Waals surface area contributed by atoms with Gasteiger partial charge in [0.2, 0.25) is 5.91 Å². The number of carbonyl (C=O) groups excluding carboxylic acids is 1. The molecule has 2 heterocycles. The minimum Gasteiger partial charge on any atom is -0.494 e. The molecule has 2 unspecified atom stereocenters. The quantitative estimate of drug-likeness (QED) is 0.247. The molecule has 0 aromatic heterocycles. The summed E-state index contributed by atoms with van der Waals surface area (Å²) >= 11 is 0. The van der Waals surface area contributed by atoms with Gasteiger partial charge in [-0.15, -0.1) is 0 Å². The van der Waals surface area contributed by atoms with Gasteiger partial charge in [-0.25, -0.2) is 4.39 Å². The summed E-state index contributed by atoms with van der Waals surface area (Å²) in [6, 6.07) is 23.6. The van der Waals surface area contributed by atoms with Crippen LogP contribution in [0, 0.1) is 5.82 Å². The predicted molar refractivity (Wildman–Crippen MR) is 161 cm³/mol. The average Bonchev–Trinajstić information content (AvgIpc) is 3.43. The van der Waals surface area contributed by atoms with Crippen LogP contribution >= 0.6 is 0 Å². The number of amides is 1. The van der Waals surface area contributed by atoms with Gasteiger partial charge >= 0.3 is 0 Å². The van der Waals surface area contributed by atoms with Gasteiger partial charge in [0.05, 0.1) is 26.4 Å². The minimum atomic E-state index is -0.233. The summed E-state index contributed by atoms with van der Waals surface area (Å²) < 4.78 is 31.1. The second kappa shape index (κ2) is 15.7. The Kier molecular flexibility index (Phi) is 11.2. The van der Waals surface area contributed by atoms with Gasteiger partial charge in [-0.2, -0.15) is 0 Å². The molecule has 0 spiro atoms. The summed E-state index contributed by atoms with van der Waals surface area (Å²) in [6.45, 7) is 6.00. The molecular formula is C34H42FN3O4. The van der Waals surface area contributed by atoms with Crippen molar-refractivity contribution in [1.29, 1.82) is 0 Å². The van der Waals surface area contributed by atoms with Crippen molar-refractivity contribution in [3.8, 4) is 11.5 Å². The number of nitrogens with zero attached hydrogens (tertiary/aromatic N) is 1. The maximum atomic E-state index is 13.7. The lowest BCUT2D eigenvalue weighted by molar-refractivity contribution is -0.128. The molecule has 1 amide bonds. The van der Waals surface area contributed by atoms with E-state index in [0.717, 1.165) is 56.9 Å². The fourth-order valence-electron chi connectivity index (χ4n) is 5.64. The molecule has 2 saturated heterocycles. The number of hydrogen-bond donors (Lipinski definition) is 2. The van der Waals surface area contributed by atoms with E-state index in [1.54, 1.807) is 12.1 Å². The molecule has 5 rings (SSSR count). The molecule has 2 aliphatic rings. The number of nitrogens with one attached hydrogen (secondary N) is 2. The Morgan fingerprint density at radius 2 is 1.81 bits per heavy atom. The summed E-state index contributed by atoms with van der Waals surface area (Å²) in [6.07, 6.45) is 3.41. The van der Waals surface area contributed by atoms with E-state index < -0.39 is 0 Å². The lowest BCUT2D eigenvalue weighted by atomic mass is 9.86. The molecule has 42 heavy (non-hydrogen) atoms. The van der Waals surface area contributed by atoms with Gasteiger partial charge in [0, 0.05) is 50.0 Å². The fraction of sp³-hybridized carbons (Fsp3) is 0.441. The van der Waals surface area contributed by atoms with E-state index in [2.05, 4.69) is 34.9 Å². The Labute approximate surface area is 248 Å². The van der Waals surface area contributed by atoms with Crippen LogP contribution in [0.25, 0.3) is 0 Å². The zero-order valence-corrected chi connectivity index (χ0v) is 24.2. The van der Waals surface area contributed by atoms with Crippen molar-refractivity contribution in [3.63, 3.8) is 0 Å². The number of benzene rings is 3. The Morgan fingerprint density at radius 1 is 0.952 bits per heavy atom. The maximum absolute atomic E-state index is 13.7. The number of piperidine rings is 1. The molecule has 0 saturated carbocycles. The van der Waals surface area contributed by atoms with Crippen LogP contribution in [0.3, 0.4) is 0 Å². The molecule has 2 N–H and O–H groups in total. The summed E-state index contributed by atoms with van der Waals surface area (Å²) in [5.41, 5.74) is 3.06. The third-order valence-electron chi connectivity index (χ3n) is 7.98. The van der Waals surface area contributed by atoms with Crippen LogP contribution in [0.1, 0.15) is 48.3 Å². The van der Waals surface area contributed by atoms with Crippen molar-refractivity contribution in [2.75, 3.05) is 46.0 Å². The van der Waals surface area contributed by atoms with Gasteiger partial charge < -0.3 is 29.7 Å². The Morgan fingerprint density at radius 3 is 2.64 bits per heavy atom. The van der Waals surface area contributed by atoms with Crippen LogP contribution in [0.4, 0.5) is 4.39 Å². The topological polar surface area (TPSA) is 72.1 Å². The Bertz CT molecular complexity index is 1270. The predicted octanol–water partition coefficient (Wildman–Crippen LogP) is 5.05. The van der Waals surface area contributed by atoms with Crippen LogP contribution in [-0.4, -0.2) is 62.8 Å². The number of halogens is 1. The highest BCUT2D eigenvalue weighted by atomic mass is 19.1. The molecule has 2 aliphatic heterocycles. The van der Waals surface area contributed by atoms with Crippen molar-refractivity contribution < 1.29 is 23.4 Å². The number of ether oxygens (including phenoxy) is 3. The highest BCUT2D eigenvalue weighted by Crippen LogP contribution is 2.28. The van der Waals surface area contributed by atoms with Gasteiger partial charge in [-0.05, 0) is 60.8 Å². The third-order valence-corrected chi connectivity index (χ3v) is 7.98. The number of rotatable bonds is 15. The van der Waals surface area contributed by atoms with Crippen molar-refractivity contribution in [1.82, 2.24) is 15.5 Å². The van der Waals surface area contributed by atoms with Crippen molar-refractivity contribution in [3.05, 3.63) is 95.3 Å². The van der Waals surface area contributed by atoms with E-state index in [0.29, 0.717) is 50.3 Å². The van der Waals surface area contributed by atoms with E-state index in [4.69, 9.17) is 14.2 Å². The van der Waals surface area contributed by atoms with E-state index >= 15 is 0 Å². The first-order valence-electron chi connectivity index (χ1n) is 15.1. The first kappa shape index (κ1) is 30.0. The first-order chi connectivity index (χ1) is 20.7. The van der Waals surface area contributed by atoms with Crippen molar-refractivity contribution >= 4 is 5.91 Å². The molecular weight excluding hydrogens is 533 g/mol. The third kappa shape index (κ3) is 8.77. The lowest BCUT2D eigenvalue weighted by Gasteiger charge is -2.33. The van der Waals surface area contributed by atoms with Gasteiger partial charge in [0.25, 0.3) is 0 Å². The SMILES string of the molecule is O=C1CCCN1CCOc1cccc(CNC2CNCCC2c2ccc(OCCCOCc3ccccc3F)cc2)c1. The molecule has 7 nitrogen and oxygen atoms in total. The molecule has 0 radical (unpaired) electrons. The van der Waals surface area contributed by atoms with Crippen molar-refractivity contribution in [2.24, 2.45) is 0 Å². The summed E-state index contributed by atoms with van der Waals surface area (Å²) in [5, 5.41) is 7.30. The Balaban J connectivity index is 1.04.